The SMILES string of the molecule is CCOP(=O)(C/C(=C/N1C(=O)c2ccccc2C1=O)OC[C@@H](NC(=O)OCc1ccccc1)C(=O)OC)OCC. The number of methoxy groups -OCH3 is 1. The lowest BCUT2D eigenvalue weighted by Gasteiger charge is -2.22. The van der Waals surface area contributed by atoms with E-state index in [0.29, 0.717) is 0 Å². The van der Waals surface area contributed by atoms with Crippen LogP contribution >= 0.6 is 7.60 Å². The number of hydrogen-bond donors (Lipinski definition) is 1. The number of fused-ring (bicyclic) bond motifs is 1. The number of hydrogen-bond acceptors (Lipinski definition) is 10. The highest BCUT2D eigenvalue weighted by atomic mass is 31.2. The third-order valence-corrected chi connectivity index (χ3v) is 7.53. The molecule has 0 bridgehead atoms. The van der Waals surface area contributed by atoms with Gasteiger partial charge in [-0.05, 0) is 31.5 Å². The molecule has 1 heterocycles. The average molecular weight is 575 g/mol. The highest BCUT2D eigenvalue weighted by Crippen LogP contribution is 2.49. The smallest absolute Gasteiger partial charge is 0.408 e. The van der Waals surface area contributed by atoms with Gasteiger partial charge in [-0.15, -0.1) is 0 Å². The van der Waals surface area contributed by atoms with Crippen molar-refractivity contribution >= 4 is 31.5 Å². The average Bonchev–Trinajstić information content (AvgIpc) is 3.19. The molecule has 1 atom stereocenters. The Morgan fingerprint density at radius 1 is 0.925 bits per heavy atom. The summed E-state index contributed by atoms with van der Waals surface area (Å²) < 4.78 is 39.6. The molecule has 12 nitrogen and oxygen atoms in total. The maximum Gasteiger partial charge on any atom is 0.408 e. The summed E-state index contributed by atoms with van der Waals surface area (Å²) in [5.41, 5.74) is 1.12. The van der Waals surface area contributed by atoms with Crippen LogP contribution in [0.15, 0.2) is 66.6 Å². The molecule has 1 aliphatic rings. The number of benzene rings is 2. The summed E-state index contributed by atoms with van der Waals surface area (Å²) in [5, 5.41) is 2.36. The molecule has 0 saturated heterocycles. The molecular formula is C27H31N2O10P. The van der Waals surface area contributed by atoms with Crippen molar-refractivity contribution in [1.82, 2.24) is 10.2 Å². The van der Waals surface area contributed by atoms with E-state index in [-0.39, 0.29) is 36.7 Å². The number of alkyl carbamates (subject to hydrolysis) is 1. The highest BCUT2D eigenvalue weighted by molar-refractivity contribution is 7.54. The summed E-state index contributed by atoms with van der Waals surface area (Å²) >= 11 is 0. The van der Waals surface area contributed by atoms with E-state index in [1.807, 2.05) is 6.07 Å². The summed E-state index contributed by atoms with van der Waals surface area (Å²) in [6, 6.07) is 13.8. The second-order valence-electron chi connectivity index (χ2n) is 8.32. The Morgan fingerprint density at radius 2 is 1.50 bits per heavy atom. The predicted octanol–water partition coefficient (Wildman–Crippen LogP) is 3.87. The first kappa shape index (κ1) is 30.6. The molecule has 2 aromatic rings. The Hall–Kier alpha value is -3.99. The number of rotatable bonds is 14. The number of nitrogens with zero attached hydrogens (tertiary/aromatic N) is 1. The van der Waals surface area contributed by atoms with Crippen LogP contribution in [-0.2, 0) is 39.2 Å². The van der Waals surface area contributed by atoms with E-state index in [2.05, 4.69) is 5.32 Å². The number of nitrogens with one attached hydrogen (secondary N) is 1. The Labute approximate surface area is 231 Å². The van der Waals surface area contributed by atoms with Gasteiger partial charge in [0.2, 0.25) is 0 Å². The van der Waals surface area contributed by atoms with E-state index in [0.717, 1.165) is 23.8 Å². The lowest BCUT2D eigenvalue weighted by molar-refractivity contribution is -0.144. The first-order valence-electron chi connectivity index (χ1n) is 12.4. The molecule has 0 fully saturated rings. The quantitative estimate of drug-likeness (QED) is 0.153. The van der Waals surface area contributed by atoms with E-state index >= 15 is 0 Å². The molecule has 40 heavy (non-hydrogen) atoms. The van der Waals surface area contributed by atoms with Crippen LogP contribution in [0.2, 0.25) is 0 Å². The van der Waals surface area contributed by atoms with Crippen molar-refractivity contribution < 1.29 is 47.0 Å². The summed E-state index contributed by atoms with van der Waals surface area (Å²) in [7, 11) is -2.65. The summed E-state index contributed by atoms with van der Waals surface area (Å²) in [6.07, 6.45) is -0.297. The van der Waals surface area contributed by atoms with Gasteiger partial charge in [0.1, 0.15) is 25.1 Å². The van der Waals surface area contributed by atoms with Gasteiger partial charge < -0.3 is 28.6 Å². The fraction of sp³-hybridized carbons (Fsp3) is 0.333. The highest BCUT2D eigenvalue weighted by Gasteiger charge is 2.36. The summed E-state index contributed by atoms with van der Waals surface area (Å²) in [6.45, 7) is 2.80. The number of imide groups is 1. The molecule has 0 aromatic heterocycles. The molecular weight excluding hydrogens is 543 g/mol. The first-order chi connectivity index (χ1) is 19.2. The number of ether oxygens (including phenoxy) is 3. The van der Waals surface area contributed by atoms with Crippen LogP contribution in [0.5, 0.6) is 0 Å². The van der Waals surface area contributed by atoms with Gasteiger partial charge in [0, 0.05) is 0 Å². The van der Waals surface area contributed by atoms with E-state index < -0.39 is 50.3 Å². The number of carbonyl (C=O) groups is 4. The van der Waals surface area contributed by atoms with Gasteiger partial charge in [-0.2, -0.15) is 0 Å². The van der Waals surface area contributed by atoms with E-state index in [1.54, 1.807) is 50.2 Å². The van der Waals surface area contributed by atoms with E-state index in [1.165, 1.54) is 12.1 Å². The Bertz CT molecular complexity index is 1250. The van der Waals surface area contributed by atoms with Gasteiger partial charge in [0.15, 0.2) is 6.04 Å². The summed E-state index contributed by atoms with van der Waals surface area (Å²) in [5.74, 6) is -2.24. The van der Waals surface area contributed by atoms with Crippen LogP contribution in [0, 0.1) is 0 Å². The lowest BCUT2D eigenvalue weighted by atomic mass is 10.1. The molecule has 2 aromatic carbocycles. The van der Waals surface area contributed by atoms with Crippen molar-refractivity contribution in [2.75, 3.05) is 33.1 Å². The van der Waals surface area contributed by atoms with Crippen LogP contribution in [0.4, 0.5) is 4.79 Å². The maximum absolute atomic E-state index is 13.3. The third-order valence-electron chi connectivity index (χ3n) is 5.53. The second-order valence-corrected chi connectivity index (χ2v) is 10.4. The zero-order chi connectivity index (χ0) is 29.1. The van der Waals surface area contributed by atoms with Crippen LogP contribution in [0.3, 0.4) is 0 Å². The molecule has 1 aliphatic heterocycles. The Balaban J connectivity index is 1.80. The van der Waals surface area contributed by atoms with Crippen molar-refractivity contribution in [2.24, 2.45) is 0 Å². The molecule has 0 unspecified atom stereocenters. The van der Waals surface area contributed by atoms with Crippen LogP contribution in [-0.4, -0.2) is 67.9 Å². The number of esters is 1. The molecule has 1 N–H and O–H groups in total. The fourth-order valence-electron chi connectivity index (χ4n) is 3.71. The molecule has 3 amide bonds. The van der Waals surface area contributed by atoms with E-state index in [4.69, 9.17) is 23.3 Å². The van der Waals surface area contributed by atoms with Gasteiger partial charge in [0.25, 0.3) is 11.8 Å². The lowest BCUT2D eigenvalue weighted by Crippen LogP contribution is -2.45. The van der Waals surface area contributed by atoms with Gasteiger partial charge in [-0.25, -0.2) is 14.5 Å². The van der Waals surface area contributed by atoms with Gasteiger partial charge >= 0.3 is 19.7 Å². The Morgan fingerprint density at radius 3 is 2.05 bits per heavy atom. The van der Waals surface area contributed by atoms with Gasteiger partial charge in [0.05, 0.1) is 37.7 Å². The minimum absolute atomic E-state index is 0.0434. The standard InChI is InChI=1S/C27H31N2O10P/c1-4-38-40(34,39-5-2)18-20(15-29-24(30)21-13-9-10-14-22(21)25(29)31)36-17-23(26(32)35-3)28-27(33)37-16-19-11-7-6-8-12-19/h6-15,23H,4-5,16-18H2,1-3H3,(H,28,33)/b20-15-/t23-/m1/s1. The Kier molecular flexibility index (Phi) is 11.0. The number of amides is 3. The molecule has 0 spiro atoms. The van der Waals surface area contributed by atoms with Crippen LogP contribution in [0.25, 0.3) is 0 Å². The van der Waals surface area contributed by atoms with Crippen molar-refractivity contribution in [3.63, 3.8) is 0 Å². The van der Waals surface area contributed by atoms with Crippen molar-refractivity contribution in [1.29, 1.82) is 0 Å². The monoisotopic (exact) mass is 574 g/mol. The zero-order valence-electron chi connectivity index (χ0n) is 22.4. The van der Waals surface area contributed by atoms with Crippen LogP contribution < -0.4 is 5.32 Å². The van der Waals surface area contributed by atoms with Crippen molar-refractivity contribution in [3.8, 4) is 0 Å². The molecule has 0 saturated carbocycles. The molecule has 214 valence electrons. The second kappa shape index (κ2) is 14.4. The molecule has 3 rings (SSSR count). The van der Waals surface area contributed by atoms with Crippen molar-refractivity contribution in [2.45, 2.75) is 26.5 Å². The molecule has 0 aliphatic carbocycles. The first-order valence-corrected chi connectivity index (χ1v) is 14.2. The molecule has 13 heteroatoms. The minimum Gasteiger partial charge on any atom is -0.493 e. The van der Waals surface area contributed by atoms with E-state index in [9.17, 15) is 23.7 Å². The third kappa shape index (κ3) is 8.01. The fourth-order valence-corrected chi connectivity index (χ4v) is 5.31. The topological polar surface area (TPSA) is 147 Å². The minimum atomic E-state index is -3.78. The maximum atomic E-state index is 13.3. The summed E-state index contributed by atoms with van der Waals surface area (Å²) in [4.78, 5) is 51.4. The number of carbonyl (C=O) groups excluding carboxylic acids is 4. The van der Waals surface area contributed by atoms with Crippen molar-refractivity contribution in [3.05, 3.63) is 83.2 Å². The zero-order valence-corrected chi connectivity index (χ0v) is 23.3. The molecule has 0 radical (unpaired) electrons. The van der Waals surface area contributed by atoms with Crippen LogP contribution in [0.1, 0.15) is 40.1 Å². The van der Waals surface area contributed by atoms with Gasteiger partial charge in [-0.1, -0.05) is 42.5 Å². The number of allylic oxidation sites excluding steroid dienone is 1. The largest absolute Gasteiger partial charge is 0.493 e. The normalized spacial score (nSPS) is 14.0. The van der Waals surface area contributed by atoms with Gasteiger partial charge in [-0.3, -0.25) is 14.2 Å². The predicted molar refractivity (Wildman–Crippen MR) is 142 cm³/mol.